The third-order valence-electron chi connectivity index (χ3n) is 8.18. The number of benzene rings is 2. The van der Waals surface area contributed by atoms with Crippen molar-refractivity contribution in [1.29, 1.82) is 0 Å². The molecule has 2 aromatic rings. The summed E-state index contributed by atoms with van der Waals surface area (Å²) in [6, 6.07) is 14.2. The maximum Gasteiger partial charge on any atom is 0.247 e. The van der Waals surface area contributed by atoms with Gasteiger partial charge in [-0.3, -0.25) is 9.59 Å². The second-order valence-corrected chi connectivity index (χ2v) is 12.8. The van der Waals surface area contributed by atoms with Crippen LogP contribution in [0.1, 0.15) is 60.6 Å². The number of hydrogen-bond donors (Lipinski definition) is 5. The van der Waals surface area contributed by atoms with Gasteiger partial charge in [0.15, 0.2) is 0 Å². The van der Waals surface area contributed by atoms with Gasteiger partial charge in [0.2, 0.25) is 11.8 Å². The van der Waals surface area contributed by atoms with E-state index in [1.165, 1.54) is 11.8 Å². The van der Waals surface area contributed by atoms with Crippen LogP contribution in [0.5, 0.6) is 0 Å². The molecule has 4 rings (SSSR count). The highest BCUT2D eigenvalue weighted by molar-refractivity contribution is 7.99. The molecule has 2 aromatic carbocycles. The molecule has 2 aliphatic heterocycles. The fourth-order valence-corrected chi connectivity index (χ4v) is 6.27. The van der Waals surface area contributed by atoms with Crippen LogP contribution in [0.3, 0.4) is 0 Å². The van der Waals surface area contributed by atoms with E-state index in [1.54, 1.807) is 25.0 Å². The van der Waals surface area contributed by atoms with Crippen LogP contribution in [-0.2, 0) is 27.2 Å². The summed E-state index contributed by atoms with van der Waals surface area (Å²) in [5.41, 5.74) is 3.69. The lowest BCUT2D eigenvalue weighted by Crippen LogP contribution is -2.59. The van der Waals surface area contributed by atoms with Crippen LogP contribution in [0, 0.1) is 6.92 Å². The van der Waals surface area contributed by atoms with Crippen LogP contribution >= 0.6 is 11.8 Å². The minimum Gasteiger partial charge on any atom is -0.387 e. The lowest BCUT2D eigenvalue weighted by atomic mass is 9.91. The van der Waals surface area contributed by atoms with E-state index in [-0.39, 0.29) is 11.8 Å². The third-order valence-corrected chi connectivity index (χ3v) is 9.04. The number of amides is 2. The SMILES string of the molecule is CS[C@H]1O[C@@H](c2ccc(C)c(Cc3ccc(CCCC(=O)NC(C)(C)C(=O)N4CCNCC4)cc3)c2)[C@H](O)[C@@H](O)[C@@H]1O. The summed E-state index contributed by atoms with van der Waals surface area (Å²) >= 11 is 1.30. The van der Waals surface area contributed by atoms with E-state index in [0.717, 1.165) is 47.3 Å². The standard InChI is InChI=1S/C32H45N3O6S/c1-20-8-13-23(29-27(38)26(37)28(39)30(41-29)42-4)19-24(20)18-22-11-9-21(10-12-22)6-5-7-25(36)34-32(2,3)31(40)35-16-14-33-15-17-35/h8-13,19,26-30,33,37-39H,5-7,14-18H2,1-4H3,(H,34,36)/t26-,27-,28+,29+,30-/m1/s1. The molecule has 0 radical (unpaired) electrons. The molecule has 0 aromatic heterocycles. The third kappa shape index (κ3) is 7.92. The number of carbonyl (C=O) groups excluding carboxylic acids is 2. The minimum atomic E-state index is -1.28. The summed E-state index contributed by atoms with van der Waals surface area (Å²) in [4.78, 5) is 27.3. The first-order valence-electron chi connectivity index (χ1n) is 14.7. The van der Waals surface area contributed by atoms with E-state index in [1.807, 2.05) is 25.1 Å². The van der Waals surface area contributed by atoms with Gasteiger partial charge in [-0.2, -0.15) is 0 Å². The van der Waals surface area contributed by atoms with Crippen LogP contribution in [0.4, 0.5) is 0 Å². The Morgan fingerprint density at radius 3 is 2.36 bits per heavy atom. The Hall–Kier alpha value is -2.47. The smallest absolute Gasteiger partial charge is 0.247 e. The molecule has 0 saturated carbocycles. The largest absolute Gasteiger partial charge is 0.387 e. The molecule has 10 heteroatoms. The Balaban J connectivity index is 1.29. The van der Waals surface area contributed by atoms with Crippen molar-refractivity contribution in [2.24, 2.45) is 0 Å². The van der Waals surface area contributed by atoms with Gasteiger partial charge in [-0.1, -0.05) is 42.5 Å². The average Bonchev–Trinajstić information content (AvgIpc) is 2.98. The quantitative estimate of drug-likeness (QED) is 0.281. The van der Waals surface area contributed by atoms with E-state index in [9.17, 15) is 24.9 Å². The summed E-state index contributed by atoms with van der Waals surface area (Å²) in [6.07, 6.45) is -0.0973. The van der Waals surface area contributed by atoms with Gasteiger partial charge in [0.1, 0.15) is 35.4 Å². The number of aryl methyl sites for hydroxylation is 2. The van der Waals surface area contributed by atoms with Gasteiger partial charge in [0.05, 0.1) is 0 Å². The lowest BCUT2D eigenvalue weighted by molar-refractivity contribution is -0.200. The van der Waals surface area contributed by atoms with E-state index >= 15 is 0 Å². The molecule has 2 amide bonds. The first kappa shape index (κ1) is 32.4. The molecule has 0 unspecified atom stereocenters. The molecule has 2 aliphatic rings. The highest BCUT2D eigenvalue weighted by Gasteiger charge is 2.44. The fourth-order valence-electron chi connectivity index (χ4n) is 5.60. The number of aliphatic hydroxyl groups is 3. The highest BCUT2D eigenvalue weighted by Crippen LogP contribution is 2.36. The zero-order valence-corrected chi connectivity index (χ0v) is 25.8. The van der Waals surface area contributed by atoms with Gasteiger partial charge in [0, 0.05) is 32.6 Å². The normalized spacial score (nSPS) is 24.8. The highest BCUT2D eigenvalue weighted by atomic mass is 32.2. The number of carbonyl (C=O) groups is 2. The zero-order chi connectivity index (χ0) is 30.4. The topological polar surface area (TPSA) is 131 Å². The second-order valence-electron chi connectivity index (χ2n) is 11.9. The molecule has 42 heavy (non-hydrogen) atoms. The number of piperazine rings is 1. The first-order valence-corrected chi connectivity index (χ1v) is 16.0. The monoisotopic (exact) mass is 599 g/mol. The Kier molecular flexibility index (Phi) is 11.1. The van der Waals surface area contributed by atoms with Gasteiger partial charge >= 0.3 is 0 Å². The molecule has 2 heterocycles. The van der Waals surface area contributed by atoms with Crippen LogP contribution in [-0.4, -0.2) is 93.8 Å². The lowest BCUT2D eigenvalue weighted by Gasteiger charge is -2.40. The van der Waals surface area contributed by atoms with Crippen molar-refractivity contribution >= 4 is 23.6 Å². The summed E-state index contributed by atoms with van der Waals surface area (Å²) in [5.74, 6) is -0.162. The minimum absolute atomic E-state index is 0.0447. The first-order chi connectivity index (χ1) is 20.0. The maximum absolute atomic E-state index is 12.8. The van der Waals surface area contributed by atoms with Crippen molar-refractivity contribution in [3.05, 3.63) is 70.3 Å². The fraction of sp³-hybridized carbons (Fsp3) is 0.562. The van der Waals surface area contributed by atoms with E-state index < -0.39 is 35.4 Å². The molecule has 5 atom stereocenters. The molecule has 9 nitrogen and oxygen atoms in total. The molecule has 5 N–H and O–H groups in total. The van der Waals surface area contributed by atoms with Crippen molar-refractivity contribution in [2.45, 2.75) is 81.8 Å². The van der Waals surface area contributed by atoms with Crippen molar-refractivity contribution in [1.82, 2.24) is 15.5 Å². The van der Waals surface area contributed by atoms with E-state index in [4.69, 9.17) is 4.74 Å². The predicted molar refractivity (Wildman–Crippen MR) is 164 cm³/mol. The van der Waals surface area contributed by atoms with Crippen LogP contribution in [0.2, 0.25) is 0 Å². The summed E-state index contributed by atoms with van der Waals surface area (Å²) in [5, 5.41) is 37.3. The van der Waals surface area contributed by atoms with Crippen molar-refractivity contribution in [3.8, 4) is 0 Å². The van der Waals surface area contributed by atoms with Crippen LogP contribution < -0.4 is 10.6 Å². The van der Waals surface area contributed by atoms with Gasteiger partial charge in [-0.15, -0.1) is 11.8 Å². The molecule has 2 fully saturated rings. The number of nitrogens with zero attached hydrogens (tertiary/aromatic N) is 1. The number of nitrogens with one attached hydrogen (secondary N) is 2. The Bertz CT molecular complexity index is 1220. The van der Waals surface area contributed by atoms with Gasteiger partial charge in [-0.05, 0) is 74.1 Å². The van der Waals surface area contributed by atoms with Crippen molar-refractivity contribution in [2.75, 3.05) is 32.4 Å². The van der Waals surface area contributed by atoms with Crippen LogP contribution in [0.15, 0.2) is 42.5 Å². The Morgan fingerprint density at radius 1 is 1.02 bits per heavy atom. The maximum atomic E-state index is 12.8. The van der Waals surface area contributed by atoms with E-state index in [2.05, 4.69) is 34.9 Å². The molecule has 0 bridgehead atoms. The van der Waals surface area contributed by atoms with Crippen molar-refractivity contribution in [3.63, 3.8) is 0 Å². The number of ether oxygens (including phenoxy) is 1. The Morgan fingerprint density at radius 2 is 1.69 bits per heavy atom. The van der Waals surface area contributed by atoms with Crippen LogP contribution in [0.25, 0.3) is 0 Å². The summed E-state index contributed by atoms with van der Waals surface area (Å²) in [6.45, 7) is 8.44. The van der Waals surface area contributed by atoms with E-state index in [0.29, 0.717) is 32.4 Å². The summed E-state index contributed by atoms with van der Waals surface area (Å²) < 4.78 is 5.95. The number of aliphatic hydroxyl groups excluding tert-OH is 3. The predicted octanol–water partition coefficient (Wildman–Crippen LogP) is 2.08. The van der Waals surface area contributed by atoms with Gasteiger partial charge < -0.3 is 35.6 Å². The molecule has 230 valence electrons. The van der Waals surface area contributed by atoms with Gasteiger partial charge in [0.25, 0.3) is 0 Å². The Labute approximate surface area is 253 Å². The van der Waals surface area contributed by atoms with Crippen molar-refractivity contribution < 1.29 is 29.6 Å². The number of hydrogen-bond acceptors (Lipinski definition) is 8. The summed E-state index contributed by atoms with van der Waals surface area (Å²) in [7, 11) is 0. The average molecular weight is 600 g/mol. The molecular formula is C32H45N3O6S. The number of rotatable bonds is 10. The molecule has 0 spiro atoms. The molecule has 2 saturated heterocycles. The second kappa shape index (κ2) is 14.3. The molecular weight excluding hydrogens is 554 g/mol. The number of thioether (sulfide) groups is 1. The zero-order valence-electron chi connectivity index (χ0n) is 25.0. The van der Waals surface area contributed by atoms with Gasteiger partial charge in [-0.25, -0.2) is 0 Å². The molecule has 0 aliphatic carbocycles.